The number of hydrogen-bond donors (Lipinski definition) is 0. The van der Waals surface area contributed by atoms with Gasteiger partial charge < -0.3 is 0 Å². The van der Waals surface area contributed by atoms with Gasteiger partial charge in [-0.2, -0.15) is 0 Å². The van der Waals surface area contributed by atoms with Crippen LogP contribution in [0, 0.1) is 0 Å². The molecule has 0 aliphatic carbocycles. The predicted molar refractivity (Wildman–Crippen MR) is 57.5 cm³/mol. The van der Waals surface area contributed by atoms with E-state index in [1.165, 1.54) is 64.2 Å². The first-order valence-corrected chi connectivity index (χ1v) is 5.91. The van der Waals surface area contributed by atoms with Gasteiger partial charge in [0.15, 0.2) is 0 Å². The summed E-state index contributed by atoms with van der Waals surface area (Å²) in [6.45, 7) is 4.56. The summed E-state index contributed by atoms with van der Waals surface area (Å²) in [6, 6.07) is 0. The molecule has 0 atom stereocenters. The van der Waals surface area contributed by atoms with Gasteiger partial charge in [-0.15, -0.1) is 0 Å². The molecule has 0 amide bonds. The van der Waals surface area contributed by atoms with Gasteiger partial charge in [-0.1, -0.05) is 78.1 Å². The second-order valence-corrected chi connectivity index (χ2v) is 3.83. The van der Waals surface area contributed by atoms with Crippen LogP contribution >= 0.6 is 0 Å². The van der Waals surface area contributed by atoms with Crippen LogP contribution in [0.4, 0.5) is 0 Å². The van der Waals surface area contributed by atoms with E-state index >= 15 is 0 Å². The number of hydrogen-bond acceptors (Lipinski definition) is 0. The monoisotopic (exact) mass is 215 g/mol. The maximum Gasteiger partial charge on any atom is 0 e. The van der Waals surface area contributed by atoms with Crippen molar-refractivity contribution in [2.45, 2.75) is 78.1 Å². The Labute approximate surface area is 104 Å². The molecule has 0 unspecified atom stereocenters. The normalized spacial score (nSPS) is 9.69. The topological polar surface area (TPSA) is 0 Å². The van der Waals surface area contributed by atoms with Crippen LogP contribution < -0.4 is 0 Å². The van der Waals surface area contributed by atoms with Crippen LogP contribution in [0.1, 0.15) is 78.1 Å². The SMILES string of the molecule is CCCCCCCCCCCC.[Sc]. The predicted octanol–water partition coefficient (Wildman–Crippen LogP) is 4.92. The van der Waals surface area contributed by atoms with Crippen molar-refractivity contribution in [3.05, 3.63) is 0 Å². The molecule has 0 bridgehead atoms. The summed E-state index contributed by atoms with van der Waals surface area (Å²) in [5.41, 5.74) is 0. The van der Waals surface area contributed by atoms with E-state index in [9.17, 15) is 0 Å². The summed E-state index contributed by atoms with van der Waals surface area (Å²) in [7, 11) is 0. The van der Waals surface area contributed by atoms with Gasteiger partial charge in [-0.3, -0.25) is 0 Å². The molecule has 0 fully saturated rings. The minimum Gasteiger partial charge on any atom is -0.0654 e. The van der Waals surface area contributed by atoms with Crippen LogP contribution in [-0.2, 0) is 25.8 Å². The van der Waals surface area contributed by atoms with E-state index in [2.05, 4.69) is 13.8 Å². The first kappa shape index (κ1) is 16.3. The van der Waals surface area contributed by atoms with Crippen molar-refractivity contribution in [2.75, 3.05) is 0 Å². The molecule has 0 nitrogen and oxygen atoms in total. The molecule has 0 spiro atoms. The van der Waals surface area contributed by atoms with E-state index in [-0.39, 0.29) is 25.8 Å². The van der Waals surface area contributed by atoms with Gasteiger partial charge in [0.1, 0.15) is 0 Å². The molecule has 13 heavy (non-hydrogen) atoms. The standard InChI is InChI=1S/C12H26.Sc/c1-3-5-7-9-11-12-10-8-6-4-2;/h3-12H2,1-2H3;. The van der Waals surface area contributed by atoms with Crippen LogP contribution in [-0.4, -0.2) is 0 Å². The Bertz CT molecular complexity index is 61.5. The fourth-order valence-electron chi connectivity index (χ4n) is 1.56. The minimum absolute atomic E-state index is 0. The minimum atomic E-state index is 0. The van der Waals surface area contributed by atoms with Gasteiger partial charge in [0.05, 0.1) is 0 Å². The van der Waals surface area contributed by atoms with Gasteiger partial charge in [0, 0.05) is 25.8 Å². The first-order chi connectivity index (χ1) is 5.91. The van der Waals surface area contributed by atoms with Crippen LogP contribution in [0.15, 0.2) is 0 Å². The molecule has 0 aromatic rings. The molecule has 0 N–H and O–H groups in total. The molecule has 77 valence electrons. The largest absolute Gasteiger partial charge is 0.0654 e. The molecule has 0 saturated heterocycles. The molecule has 0 aromatic heterocycles. The van der Waals surface area contributed by atoms with Crippen molar-refractivity contribution >= 4 is 0 Å². The summed E-state index contributed by atoms with van der Waals surface area (Å²) in [6.07, 6.45) is 14.4. The number of unbranched alkanes of at least 4 members (excludes halogenated alkanes) is 9. The molecule has 0 saturated carbocycles. The van der Waals surface area contributed by atoms with E-state index in [0.29, 0.717) is 0 Å². The Hall–Kier alpha value is 0.870. The third-order valence-corrected chi connectivity index (χ3v) is 2.46. The van der Waals surface area contributed by atoms with Gasteiger partial charge in [0.25, 0.3) is 0 Å². The Morgan fingerprint density at radius 2 is 0.692 bits per heavy atom. The van der Waals surface area contributed by atoms with Crippen molar-refractivity contribution in [1.29, 1.82) is 0 Å². The maximum absolute atomic E-state index is 2.28. The van der Waals surface area contributed by atoms with Crippen LogP contribution in [0.2, 0.25) is 0 Å². The van der Waals surface area contributed by atoms with E-state index in [1.807, 2.05) is 0 Å². The zero-order valence-electron chi connectivity index (χ0n) is 9.65. The van der Waals surface area contributed by atoms with Crippen LogP contribution in [0.3, 0.4) is 0 Å². The van der Waals surface area contributed by atoms with Gasteiger partial charge in [-0.25, -0.2) is 0 Å². The Morgan fingerprint density at radius 3 is 0.923 bits per heavy atom. The molecule has 1 heteroatoms. The van der Waals surface area contributed by atoms with Gasteiger partial charge in [-0.05, 0) is 0 Å². The third-order valence-electron chi connectivity index (χ3n) is 2.46. The fraction of sp³-hybridized carbons (Fsp3) is 1.00. The fourth-order valence-corrected chi connectivity index (χ4v) is 1.56. The summed E-state index contributed by atoms with van der Waals surface area (Å²) >= 11 is 0. The van der Waals surface area contributed by atoms with E-state index in [0.717, 1.165) is 0 Å². The maximum atomic E-state index is 2.28. The molecular weight excluding hydrogens is 189 g/mol. The van der Waals surface area contributed by atoms with E-state index < -0.39 is 0 Å². The molecule has 0 heterocycles. The third kappa shape index (κ3) is 15.6. The number of rotatable bonds is 9. The molecule has 0 aromatic carbocycles. The summed E-state index contributed by atoms with van der Waals surface area (Å²) in [5.74, 6) is 0. The molecule has 1 radical (unpaired) electrons. The van der Waals surface area contributed by atoms with Crippen molar-refractivity contribution in [3.63, 3.8) is 0 Å². The Morgan fingerprint density at radius 1 is 0.462 bits per heavy atom. The van der Waals surface area contributed by atoms with E-state index in [4.69, 9.17) is 0 Å². The summed E-state index contributed by atoms with van der Waals surface area (Å²) in [5, 5.41) is 0. The quantitative estimate of drug-likeness (QED) is 0.479. The molecular formula is C12H26Sc. The molecule has 0 rings (SSSR count). The van der Waals surface area contributed by atoms with Crippen LogP contribution in [0.5, 0.6) is 0 Å². The second-order valence-electron chi connectivity index (χ2n) is 3.83. The zero-order chi connectivity index (χ0) is 9.07. The second kappa shape index (κ2) is 15.3. The average molecular weight is 215 g/mol. The molecule has 0 aliphatic rings. The van der Waals surface area contributed by atoms with E-state index in [1.54, 1.807) is 0 Å². The van der Waals surface area contributed by atoms with Gasteiger partial charge >= 0.3 is 0 Å². The van der Waals surface area contributed by atoms with Crippen molar-refractivity contribution < 1.29 is 25.8 Å². The first-order valence-electron chi connectivity index (χ1n) is 5.91. The van der Waals surface area contributed by atoms with Crippen LogP contribution in [0.25, 0.3) is 0 Å². The summed E-state index contributed by atoms with van der Waals surface area (Å²) < 4.78 is 0. The summed E-state index contributed by atoms with van der Waals surface area (Å²) in [4.78, 5) is 0. The zero-order valence-corrected chi connectivity index (χ0v) is 11.5. The van der Waals surface area contributed by atoms with Crippen molar-refractivity contribution in [1.82, 2.24) is 0 Å². The van der Waals surface area contributed by atoms with Crippen molar-refractivity contribution in [2.24, 2.45) is 0 Å². The van der Waals surface area contributed by atoms with Crippen molar-refractivity contribution in [3.8, 4) is 0 Å². The smallest absolute Gasteiger partial charge is 0 e. The molecule has 0 aliphatic heterocycles. The Kier molecular flexibility index (Phi) is 19.2. The average Bonchev–Trinajstić information content (AvgIpc) is 2.10. The van der Waals surface area contributed by atoms with Gasteiger partial charge in [0.2, 0.25) is 0 Å². The Balaban J connectivity index is 0.